The highest BCUT2D eigenvalue weighted by molar-refractivity contribution is 6.01. The van der Waals surface area contributed by atoms with Crippen LogP contribution in [0.5, 0.6) is 5.75 Å². The first-order valence-corrected chi connectivity index (χ1v) is 7.67. The van der Waals surface area contributed by atoms with Gasteiger partial charge < -0.3 is 15.2 Å². The summed E-state index contributed by atoms with van der Waals surface area (Å²) in [4.78, 5) is 36.3. The molecule has 3 aromatic rings. The molecule has 0 radical (unpaired) electrons. The number of hydrogen-bond acceptors (Lipinski definition) is 5. The zero-order chi connectivity index (χ0) is 18.7. The topological polar surface area (TPSA) is 111 Å². The first-order valence-electron chi connectivity index (χ1n) is 7.67. The average Bonchev–Trinajstić information content (AvgIpc) is 2.64. The lowest BCUT2D eigenvalue weighted by atomic mass is 10.1. The van der Waals surface area contributed by atoms with Crippen LogP contribution in [0.1, 0.15) is 10.5 Å². The van der Waals surface area contributed by atoms with Gasteiger partial charge in [0.1, 0.15) is 12.3 Å². The van der Waals surface area contributed by atoms with Crippen LogP contribution in [-0.4, -0.2) is 33.9 Å². The minimum Gasteiger partial charge on any atom is -0.495 e. The molecule has 1 aromatic heterocycles. The number of carboxylic acid groups (broad SMARTS) is 1. The third-order valence-corrected chi connectivity index (χ3v) is 3.74. The molecule has 26 heavy (non-hydrogen) atoms. The molecule has 132 valence electrons. The Labute approximate surface area is 147 Å². The number of nitrogens with one attached hydrogen (secondary N) is 1. The minimum absolute atomic E-state index is 0.185. The van der Waals surface area contributed by atoms with Crippen LogP contribution in [0.3, 0.4) is 0 Å². The Morgan fingerprint density at radius 3 is 2.46 bits per heavy atom. The van der Waals surface area contributed by atoms with Gasteiger partial charge >= 0.3 is 5.97 Å². The van der Waals surface area contributed by atoms with Crippen LogP contribution in [-0.2, 0) is 11.3 Å². The first kappa shape index (κ1) is 17.2. The van der Waals surface area contributed by atoms with Crippen LogP contribution in [0.2, 0.25) is 0 Å². The zero-order valence-electron chi connectivity index (χ0n) is 13.8. The number of hydrogen-bond donors (Lipinski definition) is 2. The molecule has 0 spiro atoms. The van der Waals surface area contributed by atoms with Crippen molar-refractivity contribution in [3.63, 3.8) is 0 Å². The number of para-hydroxylation sites is 2. The summed E-state index contributed by atoms with van der Waals surface area (Å²) in [5.74, 6) is -1.35. The number of ether oxygens (including phenoxy) is 1. The van der Waals surface area contributed by atoms with E-state index in [4.69, 9.17) is 4.74 Å². The second kappa shape index (κ2) is 7.06. The van der Waals surface area contributed by atoms with Crippen molar-refractivity contribution in [3.05, 3.63) is 64.6 Å². The molecule has 0 fully saturated rings. The van der Waals surface area contributed by atoms with Gasteiger partial charge in [-0.3, -0.25) is 9.59 Å². The van der Waals surface area contributed by atoms with Gasteiger partial charge in [-0.1, -0.05) is 30.3 Å². The highest BCUT2D eigenvalue weighted by Crippen LogP contribution is 2.22. The van der Waals surface area contributed by atoms with Gasteiger partial charge in [-0.05, 0) is 18.2 Å². The summed E-state index contributed by atoms with van der Waals surface area (Å²) >= 11 is 0. The molecule has 0 bridgehead atoms. The number of nitrogens with zero attached hydrogens (tertiary/aromatic N) is 2. The maximum absolute atomic E-state index is 12.5. The quantitative estimate of drug-likeness (QED) is 0.723. The number of fused-ring (bicyclic) bond motifs is 1. The molecule has 0 unspecified atom stereocenters. The number of benzene rings is 2. The summed E-state index contributed by atoms with van der Waals surface area (Å²) in [6.07, 6.45) is 0. The smallest absolute Gasteiger partial charge is 0.357 e. The van der Waals surface area contributed by atoms with Gasteiger partial charge in [0, 0.05) is 5.39 Å². The van der Waals surface area contributed by atoms with Gasteiger partial charge in [0.05, 0.1) is 18.2 Å². The van der Waals surface area contributed by atoms with Crippen LogP contribution >= 0.6 is 0 Å². The van der Waals surface area contributed by atoms with E-state index in [0.29, 0.717) is 11.4 Å². The minimum atomic E-state index is -1.28. The molecule has 0 saturated carbocycles. The lowest BCUT2D eigenvalue weighted by Gasteiger charge is -2.11. The summed E-state index contributed by atoms with van der Waals surface area (Å²) in [6, 6.07) is 13.1. The highest BCUT2D eigenvalue weighted by atomic mass is 16.5. The molecule has 0 atom stereocenters. The summed E-state index contributed by atoms with van der Waals surface area (Å²) in [5, 5.41) is 16.2. The molecule has 8 nitrogen and oxygen atoms in total. The molecule has 3 rings (SSSR count). The number of carbonyl (C=O) groups is 2. The lowest BCUT2D eigenvalue weighted by Crippen LogP contribution is -2.31. The molecule has 8 heteroatoms. The monoisotopic (exact) mass is 353 g/mol. The standard InChI is InChI=1S/C18H15N3O5/c1-26-14-9-5-4-8-13(14)19-15(22)10-21-17(23)12-7-3-2-6-11(12)16(20-21)18(24)25/h2-9H,10H2,1H3,(H,19,22)(H,24,25). The second-order valence-corrected chi connectivity index (χ2v) is 5.41. The third-order valence-electron chi connectivity index (χ3n) is 3.74. The Kier molecular flexibility index (Phi) is 4.66. The normalized spacial score (nSPS) is 10.5. The summed E-state index contributed by atoms with van der Waals surface area (Å²) in [6.45, 7) is -0.429. The average molecular weight is 353 g/mol. The fourth-order valence-electron chi connectivity index (χ4n) is 2.57. The van der Waals surface area contributed by atoms with Crippen LogP contribution in [0.15, 0.2) is 53.3 Å². The predicted molar refractivity (Wildman–Crippen MR) is 94.6 cm³/mol. The van der Waals surface area contributed by atoms with E-state index in [9.17, 15) is 19.5 Å². The van der Waals surface area contributed by atoms with Gasteiger partial charge in [-0.2, -0.15) is 5.10 Å². The molecule has 0 aliphatic rings. The predicted octanol–water partition coefficient (Wildman–Crippen LogP) is 1.74. The number of carboxylic acids is 1. The molecule has 2 aromatic carbocycles. The zero-order valence-corrected chi connectivity index (χ0v) is 13.8. The van der Waals surface area contributed by atoms with Gasteiger partial charge in [-0.15, -0.1) is 0 Å². The maximum Gasteiger partial charge on any atom is 0.357 e. The van der Waals surface area contributed by atoms with Crippen LogP contribution in [0.25, 0.3) is 10.8 Å². The molecule has 1 heterocycles. The number of anilines is 1. The van der Waals surface area contributed by atoms with Gasteiger partial charge in [-0.25, -0.2) is 9.48 Å². The molecule has 0 aliphatic heterocycles. The van der Waals surface area contributed by atoms with Crippen molar-refractivity contribution in [2.24, 2.45) is 0 Å². The van der Waals surface area contributed by atoms with Gasteiger partial charge in [0.25, 0.3) is 5.56 Å². The summed E-state index contributed by atoms with van der Waals surface area (Å²) in [7, 11) is 1.47. The fraction of sp³-hybridized carbons (Fsp3) is 0.111. The number of carbonyl (C=O) groups excluding carboxylic acids is 1. The third kappa shape index (κ3) is 3.25. The van der Waals surface area contributed by atoms with E-state index in [2.05, 4.69) is 10.4 Å². The lowest BCUT2D eigenvalue weighted by molar-refractivity contribution is -0.117. The fourth-order valence-corrected chi connectivity index (χ4v) is 2.57. The molecular weight excluding hydrogens is 338 g/mol. The van der Waals surface area contributed by atoms with Crippen molar-refractivity contribution >= 4 is 28.3 Å². The second-order valence-electron chi connectivity index (χ2n) is 5.41. The number of aromatic nitrogens is 2. The number of aromatic carboxylic acids is 1. The van der Waals surface area contributed by atoms with Crippen molar-refractivity contribution < 1.29 is 19.4 Å². The number of amides is 1. The maximum atomic E-state index is 12.5. The molecule has 1 amide bonds. The van der Waals surface area contributed by atoms with E-state index in [0.717, 1.165) is 4.68 Å². The van der Waals surface area contributed by atoms with Crippen molar-refractivity contribution in [1.82, 2.24) is 9.78 Å². The summed E-state index contributed by atoms with van der Waals surface area (Å²) < 4.78 is 6.00. The Balaban J connectivity index is 1.96. The number of rotatable bonds is 5. The van der Waals surface area contributed by atoms with E-state index >= 15 is 0 Å². The Morgan fingerprint density at radius 1 is 1.12 bits per heavy atom. The van der Waals surface area contributed by atoms with Crippen molar-refractivity contribution in [2.75, 3.05) is 12.4 Å². The molecule has 0 aliphatic carbocycles. The molecule has 0 saturated heterocycles. The van der Waals surface area contributed by atoms with Crippen molar-refractivity contribution in [3.8, 4) is 5.75 Å². The van der Waals surface area contributed by atoms with Gasteiger partial charge in [0.2, 0.25) is 5.91 Å². The highest BCUT2D eigenvalue weighted by Gasteiger charge is 2.17. The SMILES string of the molecule is COc1ccccc1NC(=O)Cn1nc(C(=O)O)c2ccccc2c1=O. The summed E-state index contributed by atoms with van der Waals surface area (Å²) in [5.41, 5.74) is -0.390. The van der Waals surface area contributed by atoms with Crippen LogP contribution < -0.4 is 15.6 Å². The van der Waals surface area contributed by atoms with E-state index in [1.165, 1.54) is 19.2 Å². The Morgan fingerprint density at radius 2 is 1.77 bits per heavy atom. The van der Waals surface area contributed by atoms with E-state index in [1.54, 1.807) is 36.4 Å². The largest absolute Gasteiger partial charge is 0.495 e. The first-order chi connectivity index (χ1) is 12.5. The number of methoxy groups -OCH3 is 1. The van der Waals surface area contributed by atoms with Crippen LogP contribution in [0, 0.1) is 0 Å². The van der Waals surface area contributed by atoms with E-state index in [-0.39, 0.29) is 16.5 Å². The molecule has 2 N–H and O–H groups in total. The molecular formula is C18H15N3O5. The van der Waals surface area contributed by atoms with E-state index < -0.39 is 24.0 Å². The van der Waals surface area contributed by atoms with Crippen molar-refractivity contribution in [1.29, 1.82) is 0 Å². The van der Waals surface area contributed by atoms with Gasteiger partial charge in [0.15, 0.2) is 5.69 Å². The van der Waals surface area contributed by atoms with Crippen molar-refractivity contribution in [2.45, 2.75) is 6.54 Å². The van der Waals surface area contributed by atoms with E-state index in [1.807, 2.05) is 0 Å². The van der Waals surface area contributed by atoms with Crippen LogP contribution in [0.4, 0.5) is 5.69 Å². The Hall–Kier alpha value is -3.68. The Bertz CT molecular complexity index is 1060.